The van der Waals surface area contributed by atoms with Gasteiger partial charge in [-0.15, -0.1) is 11.8 Å². The van der Waals surface area contributed by atoms with Gasteiger partial charge < -0.3 is 9.80 Å². The van der Waals surface area contributed by atoms with Crippen LogP contribution in [-0.4, -0.2) is 52.6 Å². The van der Waals surface area contributed by atoms with E-state index in [-0.39, 0.29) is 11.3 Å². The van der Waals surface area contributed by atoms with Gasteiger partial charge in [-0.1, -0.05) is 6.07 Å². The van der Waals surface area contributed by atoms with Crippen molar-refractivity contribution in [2.45, 2.75) is 24.6 Å². The lowest BCUT2D eigenvalue weighted by Crippen LogP contribution is -2.32. The van der Waals surface area contributed by atoms with Crippen molar-refractivity contribution in [2.24, 2.45) is 0 Å². The summed E-state index contributed by atoms with van der Waals surface area (Å²) in [6, 6.07) is 5.93. The Kier molecular flexibility index (Phi) is 4.58. The zero-order chi connectivity index (χ0) is 13.8. The maximum absolute atomic E-state index is 12.0. The van der Waals surface area contributed by atoms with Crippen LogP contribution in [0.15, 0.2) is 24.4 Å². The maximum Gasteiger partial charge on any atom is 0.233 e. The molecule has 5 heteroatoms. The first kappa shape index (κ1) is 13.9. The minimum Gasteiger partial charge on any atom is -0.324 e. The highest BCUT2D eigenvalue weighted by Crippen LogP contribution is 2.37. The molecule has 3 heterocycles. The van der Waals surface area contributed by atoms with Crippen molar-refractivity contribution < 1.29 is 4.79 Å². The molecule has 2 aliphatic rings. The molecule has 1 aromatic rings. The third-order valence-corrected chi connectivity index (χ3v) is 5.21. The molecule has 0 aromatic carbocycles. The number of nitrogens with zero attached hydrogens (tertiary/aromatic N) is 3. The monoisotopic (exact) mass is 291 g/mol. The average Bonchev–Trinajstić information content (AvgIpc) is 3.11. The number of hydrogen-bond donors (Lipinski definition) is 0. The van der Waals surface area contributed by atoms with Crippen molar-refractivity contribution in [2.75, 3.05) is 31.9 Å². The van der Waals surface area contributed by atoms with E-state index in [1.54, 1.807) is 18.0 Å². The first-order valence-corrected chi connectivity index (χ1v) is 8.44. The quantitative estimate of drug-likeness (QED) is 0.833. The van der Waals surface area contributed by atoms with Crippen molar-refractivity contribution >= 4 is 17.7 Å². The summed E-state index contributed by atoms with van der Waals surface area (Å²) in [6.07, 6.45) is 5.53. The summed E-state index contributed by atoms with van der Waals surface area (Å²) in [5.41, 5.74) is 1.00. The first-order valence-electron chi connectivity index (χ1n) is 7.39. The van der Waals surface area contributed by atoms with Crippen molar-refractivity contribution in [3.63, 3.8) is 0 Å². The summed E-state index contributed by atoms with van der Waals surface area (Å²) in [5, 5.41) is 0.113. The lowest BCUT2D eigenvalue weighted by atomic mass is 10.3. The molecule has 0 radical (unpaired) electrons. The topological polar surface area (TPSA) is 36.4 Å². The van der Waals surface area contributed by atoms with Gasteiger partial charge in [0.2, 0.25) is 5.91 Å². The van der Waals surface area contributed by atoms with Crippen LogP contribution in [0.25, 0.3) is 0 Å². The molecule has 108 valence electrons. The second-order valence-electron chi connectivity index (χ2n) is 5.41. The molecule has 1 atom stereocenters. The van der Waals surface area contributed by atoms with Gasteiger partial charge in [-0.25, -0.2) is 0 Å². The number of amides is 1. The van der Waals surface area contributed by atoms with Gasteiger partial charge >= 0.3 is 0 Å². The summed E-state index contributed by atoms with van der Waals surface area (Å²) < 4.78 is 0. The highest BCUT2D eigenvalue weighted by molar-refractivity contribution is 8.00. The fourth-order valence-corrected chi connectivity index (χ4v) is 4.11. The molecular weight excluding hydrogens is 270 g/mol. The molecule has 0 spiro atoms. The molecule has 0 N–H and O–H groups in total. The summed E-state index contributed by atoms with van der Waals surface area (Å²) in [4.78, 5) is 21.0. The van der Waals surface area contributed by atoms with Gasteiger partial charge in [0.1, 0.15) is 5.37 Å². The number of aromatic nitrogens is 1. The van der Waals surface area contributed by atoms with Crippen LogP contribution >= 0.6 is 11.8 Å². The second-order valence-corrected chi connectivity index (χ2v) is 6.48. The Labute approximate surface area is 124 Å². The van der Waals surface area contributed by atoms with Gasteiger partial charge in [0.25, 0.3) is 0 Å². The minimum absolute atomic E-state index is 0.113. The van der Waals surface area contributed by atoms with Crippen LogP contribution in [0.2, 0.25) is 0 Å². The minimum atomic E-state index is 0.113. The van der Waals surface area contributed by atoms with Crippen molar-refractivity contribution in [1.82, 2.24) is 14.8 Å². The lowest BCUT2D eigenvalue weighted by Gasteiger charge is -2.24. The number of thioether (sulfide) groups is 1. The van der Waals surface area contributed by atoms with Crippen LogP contribution < -0.4 is 0 Å². The van der Waals surface area contributed by atoms with Crippen LogP contribution in [0.4, 0.5) is 0 Å². The first-order chi connectivity index (χ1) is 9.84. The van der Waals surface area contributed by atoms with E-state index >= 15 is 0 Å². The predicted octanol–water partition coefficient (Wildman–Crippen LogP) is 2.14. The van der Waals surface area contributed by atoms with E-state index in [2.05, 4.69) is 9.88 Å². The molecule has 20 heavy (non-hydrogen) atoms. The maximum atomic E-state index is 12.0. The van der Waals surface area contributed by atoms with Crippen LogP contribution in [0.3, 0.4) is 0 Å². The number of rotatable bonds is 5. The smallest absolute Gasteiger partial charge is 0.233 e. The predicted molar refractivity (Wildman–Crippen MR) is 81.4 cm³/mol. The molecule has 1 amide bonds. The molecule has 1 aromatic heterocycles. The highest BCUT2D eigenvalue weighted by Gasteiger charge is 2.33. The average molecular weight is 291 g/mol. The fraction of sp³-hybridized carbons (Fsp3) is 0.600. The molecule has 2 aliphatic heterocycles. The lowest BCUT2D eigenvalue weighted by molar-refractivity contribution is -0.128. The number of likely N-dealkylation sites (tertiary alicyclic amines) is 1. The van der Waals surface area contributed by atoms with Crippen molar-refractivity contribution in [3.05, 3.63) is 30.1 Å². The Morgan fingerprint density at radius 1 is 1.25 bits per heavy atom. The van der Waals surface area contributed by atoms with Crippen molar-refractivity contribution in [3.8, 4) is 0 Å². The largest absolute Gasteiger partial charge is 0.324 e. The molecule has 0 bridgehead atoms. The normalized spacial score (nSPS) is 23.7. The molecule has 1 unspecified atom stereocenters. The van der Waals surface area contributed by atoms with Gasteiger partial charge in [-0.2, -0.15) is 0 Å². The Morgan fingerprint density at radius 3 is 2.85 bits per heavy atom. The molecule has 0 aliphatic carbocycles. The Morgan fingerprint density at radius 2 is 2.10 bits per heavy atom. The summed E-state index contributed by atoms with van der Waals surface area (Å²) in [5.74, 6) is 0.845. The van der Waals surface area contributed by atoms with E-state index in [0.29, 0.717) is 5.75 Å². The van der Waals surface area contributed by atoms with E-state index in [1.807, 2.05) is 23.1 Å². The molecule has 0 saturated carbocycles. The van der Waals surface area contributed by atoms with E-state index in [9.17, 15) is 4.79 Å². The molecule has 2 saturated heterocycles. The van der Waals surface area contributed by atoms with Crippen LogP contribution in [0, 0.1) is 0 Å². The van der Waals surface area contributed by atoms with Gasteiger partial charge in [-0.05, 0) is 51.0 Å². The van der Waals surface area contributed by atoms with E-state index < -0.39 is 0 Å². The van der Waals surface area contributed by atoms with E-state index in [4.69, 9.17) is 0 Å². The third-order valence-electron chi connectivity index (χ3n) is 3.98. The van der Waals surface area contributed by atoms with Crippen LogP contribution in [0.1, 0.15) is 30.3 Å². The highest BCUT2D eigenvalue weighted by atomic mass is 32.2. The summed E-state index contributed by atoms with van der Waals surface area (Å²) in [7, 11) is 0. The third kappa shape index (κ3) is 3.15. The van der Waals surface area contributed by atoms with E-state index in [0.717, 1.165) is 25.2 Å². The SMILES string of the molecule is O=C1CSC(c2ccccn2)N1CCCN1CCCC1. The number of hydrogen-bond acceptors (Lipinski definition) is 4. The van der Waals surface area contributed by atoms with Gasteiger partial charge in [0.15, 0.2) is 0 Å². The number of carbonyl (C=O) groups excluding carboxylic acids is 1. The summed E-state index contributed by atoms with van der Waals surface area (Å²) in [6.45, 7) is 4.42. The Balaban J connectivity index is 1.56. The zero-order valence-corrected chi connectivity index (χ0v) is 12.5. The van der Waals surface area contributed by atoms with Gasteiger partial charge in [0, 0.05) is 12.7 Å². The fourth-order valence-electron chi connectivity index (χ4n) is 2.93. The van der Waals surface area contributed by atoms with Gasteiger partial charge in [0.05, 0.1) is 11.4 Å². The standard InChI is InChI=1S/C15H21N3OS/c19-14-12-20-15(13-6-1-2-7-16-13)18(14)11-5-10-17-8-3-4-9-17/h1-2,6-7,15H,3-5,8-12H2. The molecule has 3 rings (SSSR count). The molecule has 2 fully saturated rings. The molecule has 4 nitrogen and oxygen atoms in total. The Bertz CT molecular complexity index is 448. The second kappa shape index (κ2) is 6.59. The number of carbonyl (C=O) groups is 1. The van der Waals surface area contributed by atoms with E-state index in [1.165, 1.54) is 25.9 Å². The number of pyridine rings is 1. The Hall–Kier alpha value is -1.07. The van der Waals surface area contributed by atoms with Gasteiger partial charge in [-0.3, -0.25) is 9.78 Å². The zero-order valence-electron chi connectivity index (χ0n) is 11.7. The molecular formula is C15H21N3OS. The van der Waals surface area contributed by atoms with Crippen LogP contribution in [0.5, 0.6) is 0 Å². The van der Waals surface area contributed by atoms with Crippen molar-refractivity contribution in [1.29, 1.82) is 0 Å². The summed E-state index contributed by atoms with van der Waals surface area (Å²) >= 11 is 1.69. The van der Waals surface area contributed by atoms with Crippen LogP contribution in [-0.2, 0) is 4.79 Å².